The number of esters is 1. The summed E-state index contributed by atoms with van der Waals surface area (Å²) >= 11 is 16.7. The number of halogens is 4. The van der Waals surface area contributed by atoms with Gasteiger partial charge in [0.25, 0.3) is 0 Å². The van der Waals surface area contributed by atoms with E-state index in [0.29, 0.717) is 22.9 Å². The van der Waals surface area contributed by atoms with Crippen molar-refractivity contribution in [1.82, 2.24) is 0 Å². The Morgan fingerprint density at radius 2 is 1.68 bits per heavy atom. The predicted octanol–water partition coefficient (Wildman–Crippen LogP) is 7.55. The van der Waals surface area contributed by atoms with Crippen molar-refractivity contribution in [2.75, 3.05) is 0 Å². The van der Waals surface area contributed by atoms with Gasteiger partial charge in [0.1, 0.15) is 12.4 Å². The highest BCUT2D eigenvalue weighted by molar-refractivity contribution is 9.11. The van der Waals surface area contributed by atoms with Gasteiger partial charge in [0.2, 0.25) is 5.90 Å². The van der Waals surface area contributed by atoms with Gasteiger partial charge in [0, 0.05) is 4.47 Å². The molecular weight excluding hydrogens is 613 g/mol. The molecule has 0 unspecified atom stereocenters. The van der Waals surface area contributed by atoms with Gasteiger partial charge in [-0.05, 0) is 85.5 Å². The summed E-state index contributed by atoms with van der Waals surface area (Å²) in [6.45, 7) is 0.419. The van der Waals surface area contributed by atoms with Crippen LogP contribution in [0.15, 0.2) is 84.8 Å². The third-order valence-electron chi connectivity index (χ3n) is 4.35. The molecule has 0 bridgehead atoms. The number of carbonyl (C=O) groups excluding carboxylic acids is 1. The smallest absolute Gasteiger partial charge is 0.363 e. The van der Waals surface area contributed by atoms with Crippen LogP contribution in [0.1, 0.15) is 16.7 Å². The Hall–Kier alpha value is -1.93. The van der Waals surface area contributed by atoms with Crippen LogP contribution in [0.25, 0.3) is 6.08 Å². The molecule has 8 heteroatoms. The lowest BCUT2D eigenvalue weighted by molar-refractivity contribution is -0.129. The summed E-state index contributed by atoms with van der Waals surface area (Å²) in [6.07, 6.45) is 1.65. The molecule has 0 spiro atoms. The number of ether oxygens (including phenoxy) is 2. The maximum atomic E-state index is 12.3. The normalized spacial score (nSPS) is 14.5. The third kappa shape index (κ3) is 5.29. The molecule has 1 aliphatic rings. The monoisotopic (exact) mass is 623 g/mol. The second-order valence-corrected chi connectivity index (χ2v) is 9.58. The fourth-order valence-electron chi connectivity index (χ4n) is 2.85. The summed E-state index contributed by atoms with van der Waals surface area (Å²) in [7, 11) is 0. The zero-order chi connectivity index (χ0) is 22.0. The van der Waals surface area contributed by atoms with Crippen LogP contribution >= 0.6 is 59.4 Å². The van der Waals surface area contributed by atoms with Gasteiger partial charge in [-0.15, -0.1) is 0 Å². The molecule has 1 aliphatic heterocycles. The molecule has 0 atom stereocenters. The number of hydrogen-bond donors (Lipinski definition) is 0. The van der Waals surface area contributed by atoms with E-state index < -0.39 is 5.97 Å². The van der Waals surface area contributed by atoms with E-state index in [1.807, 2.05) is 36.4 Å². The fourth-order valence-corrected chi connectivity index (χ4v) is 4.79. The molecular formula is C23H13Br3ClNO3. The van der Waals surface area contributed by atoms with Crippen LogP contribution in [-0.2, 0) is 16.1 Å². The molecule has 0 saturated heterocycles. The number of aliphatic imine (C=N–C) groups is 1. The summed E-state index contributed by atoms with van der Waals surface area (Å²) in [4.78, 5) is 16.6. The summed E-state index contributed by atoms with van der Waals surface area (Å²) in [5.41, 5.74) is 2.56. The highest BCUT2D eigenvalue weighted by atomic mass is 79.9. The SMILES string of the molecule is O=C1OC(c2ccccc2Cl)=N/C1=C\c1cc(Br)c(OCc2ccc(Br)cc2)c(Br)c1. The van der Waals surface area contributed by atoms with Crippen LogP contribution in [0, 0.1) is 0 Å². The molecule has 0 aromatic heterocycles. The quantitative estimate of drug-likeness (QED) is 0.217. The highest BCUT2D eigenvalue weighted by Gasteiger charge is 2.25. The van der Waals surface area contributed by atoms with Crippen LogP contribution in [0.3, 0.4) is 0 Å². The lowest BCUT2D eigenvalue weighted by atomic mass is 10.2. The van der Waals surface area contributed by atoms with E-state index in [1.165, 1.54) is 0 Å². The van der Waals surface area contributed by atoms with Gasteiger partial charge < -0.3 is 9.47 Å². The first-order chi connectivity index (χ1) is 14.9. The van der Waals surface area contributed by atoms with Crippen LogP contribution in [0.5, 0.6) is 5.75 Å². The van der Waals surface area contributed by atoms with Crippen molar-refractivity contribution in [3.05, 3.63) is 101 Å². The summed E-state index contributed by atoms with van der Waals surface area (Å²) in [6, 6.07) is 18.7. The van der Waals surface area contributed by atoms with Crippen molar-refractivity contribution in [2.45, 2.75) is 6.61 Å². The van der Waals surface area contributed by atoms with E-state index in [2.05, 4.69) is 52.8 Å². The van der Waals surface area contributed by atoms with Crippen LogP contribution < -0.4 is 4.74 Å². The van der Waals surface area contributed by atoms with Crippen molar-refractivity contribution in [3.63, 3.8) is 0 Å². The fraction of sp³-hybridized carbons (Fsp3) is 0.0435. The molecule has 3 aromatic rings. The van der Waals surface area contributed by atoms with Crippen LogP contribution in [0.4, 0.5) is 0 Å². The van der Waals surface area contributed by atoms with E-state index in [0.717, 1.165) is 24.5 Å². The molecule has 3 aromatic carbocycles. The summed E-state index contributed by atoms with van der Waals surface area (Å²) < 4.78 is 13.8. The van der Waals surface area contributed by atoms with Crippen molar-refractivity contribution in [2.24, 2.45) is 4.99 Å². The van der Waals surface area contributed by atoms with Crippen LogP contribution in [-0.4, -0.2) is 11.9 Å². The molecule has 0 saturated carbocycles. The Morgan fingerprint density at radius 3 is 2.35 bits per heavy atom. The van der Waals surface area contributed by atoms with Crippen LogP contribution in [0.2, 0.25) is 5.02 Å². The first kappa shape index (κ1) is 22.3. The minimum atomic E-state index is -0.530. The summed E-state index contributed by atoms with van der Waals surface area (Å²) in [5.74, 6) is 0.325. The first-order valence-corrected chi connectivity index (χ1v) is 11.8. The van der Waals surface area contributed by atoms with Gasteiger partial charge in [-0.1, -0.05) is 51.8 Å². The Morgan fingerprint density at radius 1 is 1.00 bits per heavy atom. The Balaban J connectivity index is 1.56. The van der Waals surface area contributed by atoms with Crippen molar-refractivity contribution < 1.29 is 14.3 Å². The Kier molecular flexibility index (Phi) is 6.96. The third-order valence-corrected chi connectivity index (χ3v) is 6.38. The standard InChI is InChI=1S/C23H13Br3ClNO3/c24-15-7-5-13(6-8-15)12-30-21-17(25)9-14(10-18(21)26)11-20-23(29)31-22(28-20)16-3-1-2-4-19(16)27/h1-11H,12H2/b20-11-. The topological polar surface area (TPSA) is 47.9 Å². The molecule has 0 aliphatic carbocycles. The lowest BCUT2D eigenvalue weighted by Crippen LogP contribution is -2.05. The Bertz CT molecular complexity index is 1200. The molecule has 0 radical (unpaired) electrons. The number of nitrogens with zero attached hydrogens (tertiary/aromatic N) is 1. The predicted molar refractivity (Wildman–Crippen MR) is 132 cm³/mol. The zero-order valence-corrected chi connectivity index (χ0v) is 21.3. The van der Waals surface area contributed by atoms with Crippen molar-refractivity contribution in [3.8, 4) is 5.75 Å². The number of carbonyl (C=O) groups is 1. The first-order valence-electron chi connectivity index (χ1n) is 9.04. The average Bonchev–Trinajstić information content (AvgIpc) is 3.09. The number of benzene rings is 3. The minimum absolute atomic E-state index is 0.189. The molecule has 1 heterocycles. The summed E-state index contributed by atoms with van der Waals surface area (Å²) in [5, 5.41) is 0.466. The number of hydrogen-bond acceptors (Lipinski definition) is 4. The van der Waals surface area contributed by atoms with Gasteiger partial charge in [-0.25, -0.2) is 9.79 Å². The lowest BCUT2D eigenvalue weighted by Gasteiger charge is -2.11. The van der Waals surface area contributed by atoms with E-state index in [4.69, 9.17) is 21.1 Å². The molecule has 0 amide bonds. The maximum Gasteiger partial charge on any atom is 0.363 e. The van der Waals surface area contributed by atoms with E-state index >= 15 is 0 Å². The van der Waals surface area contributed by atoms with Crippen molar-refractivity contribution in [1.29, 1.82) is 0 Å². The second kappa shape index (κ2) is 9.69. The molecule has 156 valence electrons. The minimum Gasteiger partial charge on any atom is -0.487 e. The molecule has 31 heavy (non-hydrogen) atoms. The Labute approximate surface area is 209 Å². The highest BCUT2D eigenvalue weighted by Crippen LogP contribution is 2.36. The van der Waals surface area contributed by atoms with E-state index in [-0.39, 0.29) is 11.6 Å². The van der Waals surface area contributed by atoms with Crippen molar-refractivity contribution >= 4 is 77.3 Å². The van der Waals surface area contributed by atoms with Gasteiger partial charge in [-0.3, -0.25) is 0 Å². The van der Waals surface area contributed by atoms with E-state index in [9.17, 15) is 4.79 Å². The average molecular weight is 627 g/mol. The molecule has 0 fully saturated rings. The molecule has 4 nitrogen and oxygen atoms in total. The van der Waals surface area contributed by atoms with Gasteiger partial charge >= 0.3 is 5.97 Å². The van der Waals surface area contributed by atoms with Gasteiger partial charge in [-0.2, -0.15) is 0 Å². The number of rotatable bonds is 5. The second-order valence-electron chi connectivity index (χ2n) is 6.54. The molecule has 0 N–H and O–H groups in total. The number of cyclic esters (lactones) is 1. The van der Waals surface area contributed by atoms with Gasteiger partial charge in [0.15, 0.2) is 5.70 Å². The van der Waals surface area contributed by atoms with E-state index in [1.54, 1.807) is 30.3 Å². The largest absolute Gasteiger partial charge is 0.487 e. The van der Waals surface area contributed by atoms with Gasteiger partial charge in [0.05, 0.1) is 19.5 Å². The molecule has 4 rings (SSSR count). The maximum absolute atomic E-state index is 12.3. The zero-order valence-electron chi connectivity index (χ0n) is 15.7.